The number of pyridine rings is 1. The van der Waals surface area contributed by atoms with Crippen LogP contribution in [0.3, 0.4) is 0 Å². The molecular formula is C21H25Cl2N5O4. The normalized spacial score (nSPS) is 11.5. The van der Waals surface area contributed by atoms with Gasteiger partial charge in [-0.3, -0.25) is 9.59 Å². The van der Waals surface area contributed by atoms with E-state index in [1.807, 2.05) is 13.8 Å². The number of amidine groups is 1. The Bertz CT molecular complexity index is 1040. The van der Waals surface area contributed by atoms with Crippen molar-refractivity contribution in [2.24, 2.45) is 16.6 Å². The van der Waals surface area contributed by atoms with Crippen molar-refractivity contribution >= 4 is 46.6 Å². The van der Waals surface area contributed by atoms with Gasteiger partial charge in [-0.15, -0.1) is 0 Å². The van der Waals surface area contributed by atoms with E-state index in [9.17, 15) is 9.59 Å². The van der Waals surface area contributed by atoms with Crippen molar-refractivity contribution in [3.8, 4) is 5.88 Å². The number of carboxylic acid groups (broad SMARTS) is 1. The molecule has 32 heavy (non-hydrogen) atoms. The predicted octanol–water partition coefficient (Wildman–Crippen LogP) is 3.57. The van der Waals surface area contributed by atoms with E-state index in [1.165, 1.54) is 17.3 Å². The fourth-order valence-corrected chi connectivity index (χ4v) is 3.25. The molecule has 11 heteroatoms. The summed E-state index contributed by atoms with van der Waals surface area (Å²) in [4.78, 5) is 31.2. The SMILES string of the molecule is Cc1cc(C(N)=NC(=O)c2cnc(OC(C)C)c(Cl)c2)c(Cl)cc1N(N)CCCC(=O)O. The zero-order chi connectivity index (χ0) is 24.0. The van der Waals surface area contributed by atoms with E-state index >= 15 is 0 Å². The number of aryl methyl sites for hydroxylation is 1. The van der Waals surface area contributed by atoms with Crippen molar-refractivity contribution < 1.29 is 19.4 Å². The zero-order valence-corrected chi connectivity index (χ0v) is 19.4. The van der Waals surface area contributed by atoms with Gasteiger partial charge in [0.2, 0.25) is 5.88 Å². The van der Waals surface area contributed by atoms with Crippen LogP contribution in [0.25, 0.3) is 0 Å². The standard InChI is InChI=1S/C21H25Cl2N5O4/c1-11(2)32-21-16(23)8-13(10-26-21)20(31)27-19(24)14-7-12(3)17(9-15(14)22)28(25)6-4-5-18(29)30/h7-11H,4-6,25H2,1-3H3,(H,29,30)(H2,24,27,31). The molecule has 0 spiro atoms. The molecular weight excluding hydrogens is 457 g/mol. The molecule has 0 bridgehead atoms. The zero-order valence-electron chi connectivity index (χ0n) is 17.9. The number of aromatic nitrogens is 1. The fourth-order valence-electron chi connectivity index (χ4n) is 2.78. The highest BCUT2D eigenvalue weighted by Gasteiger charge is 2.16. The maximum atomic E-state index is 12.5. The van der Waals surface area contributed by atoms with E-state index < -0.39 is 11.9 Å². The quantitative estimate of drug-likeness (QED) is 0.213. The number of hydrogen-bond donors (Lipinski definition) is 3. The van der Waals surface area contributed by atoms with Crippen LogP contribution in [-0.4, -0.2) is 40.5 Å². The van der Waals surface area contributed by atoms with Crippen LogP contribution in [0.4, 0.5) is 5.69 Å². The first-order valence-corrected chi connectivity index (χ1v) is 10.5. The summed E-state index contributed by atoms with van der Waals surface area (Å²) in [5.74, 6) is 4.64. The van der Waals surface area contributed by atoms with E-state index in [-0.39, 0.29) is 39.8 Å². The average molecular weight is 482 g/mol. The minimum atomic E-state index is -0.893. The number of nitrogens with zero attached hydrogens (tertiary/aromatic N) is 3. The molecule has 172 valence electrons. The molecule has 0 fully saturated rings. The van der Waals surface area contributed by atoms with Crippen LogP contribution in [0, 0.1) is 6.92 Å². The summed E-state index contributed by atoms with van der Waals surface area (Å²) in [5.41, 5.74) is 7.88. The van der Waals surface area contributed by atoms with Crippen LogP contribution < -0.4 is 21.3 Å². The molecule has 2 aromatic rings. The second kappa shape index (κ2) is 11.1. The number of halogens is 2. The van der Waals surface area contributed by atoms with Crippen LogP contribution in [-0.2, 0) is 4.79 Å². The highest BCUT2D eigenvalue weighted by Crippen LogP contribution is 2.28. The van der Waals surface area contributed by atoms with Gasteiger partial charge in [0.1, 0.15) is 10.9 Å². The summed E-state index contributed by atoms with van der Waals surface area (Å²) in [6.45, 7) is 5.78. The molecule has 1 aromatic heterocycles. The summed E-state index contributed by atoms with van der Waals surface area (Å²) in [7, 11) is 0. The Morgan fingerprint density at radius 2 is 1.94 bits per heavy atom. The van der Waals surface area contributed by atoms with E-state index in [0.29, 0.717) is 24.2 Å². The van der Waals surface area contributed by atoms with Gasteiger partial charge in [-0.05, 0) is 51.0 Å². The first-order chi connectivity index (χ1) is 15.0. The molecule has 0 aliphatic carbocycles. The molecule has 0 radical (unpaired) electrons. The third-order valence-corrected chi connectivity index (χ3v) is 4.87. The molecule has 5 N–H and O–H groups in total. The molecule has 1 amide bonds. The molecule has 0 saturated heterocycles. The van der Waals surface area contributed by atoms with Gasteiger partial charge in [0.25, 0.3) is 5.91 Å². The predicted molar refractivity (Wildman–Crippen MR) is 125 cm³/mol. The van der Waals surface area contributed by atoms with Gasteiger partial charge in [0.05, 0.1) is 22.4 Å². The smallest absolute Gasteiger partial charge is 0.303 e. The average Bonchev–Trinajstić information content (AvgIpc) is 2.70. The summed E-state index contributed by atoms with van der Waals surface area (Å²) in [6, 6.07) is 4.66. The Hall–Kier alpha value is -2.88. The van der Waals surface area contributed by atoms with Gasteiger partial charge in [-0.2, -0.15) is 4.99 Å². The summed E-state index contributed by atoms with van der Waals surface area (Å²) >= 11 is 12.5. The summed E-state index contributed by atoms with van der Waals surface area (Å²) in [5, 5.41) is 10.6. The van der Waals surface area contributed by atoms with E-state index in [4.69, 9.17) is 44.6 Å². The molecule has 0 atom stereocenters. The minimum absolute atomic E-state index is 0.00370. The van der Waals surface area contributed by atoms with Gasteiger partial charge in [0.15, 0.2) is 0 Å². The van der Waals surface area contributed by atoms with Gasteiger partial charge in [-0.25, -0.2) is 10.8 Å². The number of hydrogen-bond acceptors (Lipinski definition) is 6. The van der Waals surface area contributed by atoms with E-state index in [2.05, 4.69) is 9.98 Å². The first kappa shape index (κ1) is 25.4. The Balaban J connectivity index is 2.22. The number of carbonyl (C=O) groups is 2. The van der Waals surface area contributed by atoms with Gasteiger partial charge >= 0.3 is 5.97 Å². The van der Waals surface area contributed by atoms with E-state index in [1.54, 1.807) is 19.1 Å². The maximum Gasteiger partial charge on any atom is 0.303 e. The van der Waals surface area contributed by atoms with Crippen LogP contribution in [0.1, 0.15) is 48.2 Å². The molecule has 0 aliphatic rings. The van der Waals surface area contributed by atoms with Crippen molar-refractivity contribution in [2.75, 3.05) is 11.6 Å². The minimum Gasteiger partial charge on any atom is -0.481 e. The van der Waals surface area contributed by atoms with Gasteiger partial charge < -0.3 is 20.6 Å². The van der Waals surface area contributed by atoms with E-state index in [0.717, 1.165) is 5.56 Å². The summed E-state index contributed by atoms with van der Waals surface area (Å²) in [6.07, 6.45) is 1.57. The van der Waals surface area contributed by atoms with Crippen molar-refractivity contribution in [1.82, 2.24) is 4.98 Å². The second-order valence-corrected chi connectivity index (χ2v) is 8.10. The number of ether oxygens (including phenoxy) is 1. The number of anilines is 1. The van der Waals surface area contributed by atoms with Gasteiger partial charge in [-0.1, -0.05) is 23.2 Å². The molecule has 0 aliphatic heterocycles. The Morgan fingerprint density at radius 1 is 1.25 bits per heavy atom. The number of amides is 1. The number of carboxylic acids is 1. The highest BCUT2D eigenvalue weighted by molar-refractivity contribution is 6.35. The lowest BCUT2D eigenvalue weighted by molar-refractivity contribution is -0.137. The van der Waals surface area contributed by atoms with Crippen molar-refractivity contribution in [3.05, 3.63) is 51.1 Å². The molecule has 0 saturated carbocycles. The number of rotatable bonds is 9. The van der Waals surface area contributed by atoms with Crippen LogP contribution in [0.2, 0.25) is 10.0 Å². The molecule has 0 unspecified atom stereocenters. The number of hydrazine groups is 1. The number of nitrogens with two attached hydrogens (primary N) is 2. The lowest BCUT2D eigenvalue weighted by Crippen LogP contribution is -2.33. The monoisotopic (exact) mass is 481 g/mol. The Morgan fingerprint density at radius 3 is 2.53 bits per heavy atom. The Labute approximate surface area is 195 Å². The van der Waals surface area contributed by atoms with Crippen molar-refractivity contribution in [1.29, 1.82) is 0 Å². The van der Waals surface area contributed by atoms with Crippen LogP contribution >= 0.6 is 23.2 Å². The topological polar surface area (TPSA) is 144 Å². The second-order valence-electron chi connectivity index (χ2n) is 7.29. The molecule has 1 aromatic carbocycles. The number of carbonyl (C=O) groups excluding carboxylic acids is 1. The molecule has 1 heterocycles. The lowest BCUT2D eigenvalue weighted by Gasteiger charge is -2.21. The molecule has 2 rings (SSSR count). The third-order valence-electron chi connectivity index (χ3n) is 4.28. The number of aliphatic imine (C=N–C) groups is 1. The fraction of sp³-hybridized carbons (Fsp3) is 0.333. The molecule has 9 nitrogen and oxygen atoms in total. The third kappa shape index (κ3) is 6.81. The lowest BCUT2D eigenvalue weighted by atomic mass is 10.1. The Kier molecular flexibility index (Phi) is 8.82. The van der Waals surface area contributed by atoms with Crippen molar-refractivity contribution in [3.63, 3.8) is 0 Å². The van der Waals surface area contributed by atoms with Crippen LogP contribution in [0.5, 0.6) is 5.88 Å². The number of benzene rings is 1. The maximum absolute atomic E-state index is 12.5. The highest BCUT2D eigenvalue weighted by atomic mass is 35.5. The summed E-state index contributed by atoms with van der Waals surface area (Å²) < 4.78 is 5.45. The first-order valence-electron chi connectivity index (χ1n) is 9.74. The number of aliphatic carboxylic acids is 1. The van der Waals surface area contributed by atoms with Crippen LogP contribution in [0.15, 0.2) is 29.4 Å². The van der Waals surface area contributed by atoms with Gasteiger partial charge in [0, 0.05) is 24.7 Å². The largest absolute Gasteiger partial charge is 0.481 e. The van der Waals surface area contributed by atoms with Crippen molar-refractivity contribution in [2.45, 2.75) is 39.7 Å².